The number of nitrogens with two attached hydrogens (primary N) is 2. The van der Waals surface area contributed by atoms with Gasteiger partial charge < -0.3 is 32.5 Å². The third-order valence-electron chi connectivity index (χ3n) is 5.21. The maximum atomic E-state index is 13.1. The number of primary amides is 1. The van der Waals surface area contributed by atoms with Gasteiger partial charge >= 0.3 is 5.97 Å². The fourth-order valence-corrected chi connectivity index (χ4v) is 3.20. The van der Waals surface area contributed by atoms with Gasteiger partial charge in [-0.05, 0) is 30.6 Å². The molecule has 0 aliphatic carbocycles. The lowest BCUT2D eigenvalue weighted by molar-refractivity contribution is -0.143. The molecular weight excluding hydrogens is 430 g/mol. The molecule has 11 heteroatoms. The molecule has 5 unspecified atom stereocenters. The van der Waals surface area contributed by atoms with Crippen LogP contribution in [0.25, 0.3) is 0 Å². The van der Waals surface area contributed by atoms with Crippen molar-refractivity contribution in [3.05, 3.63) is 0 Å². The molecule has 0 aliphatic rings. The number of carboxylic acids is 1. The summed E-state index contributed by atoms with van der Waals surface area (Å²) in [6.45, 7) is 11.0. The average Bonchev–Trinajstić information content (AvgIpc) is 2.68. The predicted octanol–water partition coefficient (Wildman–Crippen LogP) is -0.134. The Morgan fingerprint density at radius 1 is 0.788 bits per heavy atom. The van der Waals surface area contributed by atoms with Gasteiger partial charge in [-0.15, -0.1) is 0 Å². The van der Waals surface area contributed by atoms with Gasteiger partial charge in [-0.2, -0.15) is 0 Å². The molecule has 0 saturated heterocycles. The highest BCUT2D eigenvalue weighted by molar-refractivity contribution is 5.95. The number of aliphatic carboxylic acids is 1. The van der Waals surface area contributed by atoms with Crippen molar-refractivity contribution < 1.29 is 29.1 Å². The lowest BCUT2D eigenvalue weighted by Gasteiger charge is -2.28. The van der Waals surface area contributed by atoms with Gasteiger partial charge in [0.05, 0.1) is 12.5 Å². The topological polar surface area (TPSA) is 194 Å². The number of nitrogens with one attached hydrogen (secondary N) is 3. The lowest BCUT2D eigenvalue weighted by Crippen LogP contribution is -2.59. The zero-order valence-corrected chi connectivity index (χ0v) is 20.5. The maximum absolute atomic E-state index is 13.1. The molecule has 0 aromatic rings. The van der Waals surface area contributed by atoms with Crippen LogP contribution in [-0.2, 0) is 24.0 Å². The van der Waals surface area contributed by atoms with Crippen molar-refractivity contribution in [2.45, 2.75) is 91.4 Å². The van der Waals surface area contributed by atoms with Crippen LogP contribution in [0.4, 0.5) is 0 Å². The van der Waals surface area contributed by atoms with E-state index in [-0.39, 0.29) is 37.0 Å². The Bertz CT molecular complexity index is 697. The quantitative estimate of drug-likeness (QED) is 0.191. The van der Waals surface area contributed by atoms with Crippen molar-refractivity contribution in [2.24, 2.45) is 29.2 Å². The van der Waals surface area contributed by atoms with E-state index in [9.17, 15) is 29.1 Å². The number of carboxylic acid groups (broad SMARTS) is 1. The van der Waals surface area contributed by atoms with E-state index in [2.05, 4.69) is 16.0 Å². The number of carbonyl (C=O) groups excluding carboxylic acids is 4. The van der Waals surface area contributed by atoms with Gasteiger partial charge in [0.25, 0.3) is 0 Å². The summed E-state index contributed by atoms with van der Waals surface area (Å²) >= 11 is 0. The van der Waals surface area contributed by atoms with Crippen molar-refractivity contribution in [2.75, 3.05) is 0 Å². The van der Waals surface area contributed by atoms with Crippen LogP contribution in [0.15, 0.2) is 0 Å². The molecule has 8 N–H and O–H groups in total. The standard InChI is InChI=1S/C22H41N5O6/c1-7-13(6)18(27-19(29)14(23)10-17(24)28)21(31)25-15(8-11(2)3)20(30)26-16(22(32)33)9-12(4)5/h11-16,18H,7-10,23H2,1-6H3,(H2,24,28)(H,25,31)(H,26,30)(H,27,29)(H,32,33). The number of amides is 4. The van der Waals surface area contributed by atoms with E-state index in [0.717, 1.165) is 0 Å². The Balaban J connectivity index is 5.57. The van der Waals surface area contributed by atoms with Crippen LogP contribution in [0.1, 0.15) is 67.2 Å². The summed E-state index contributed by atoms with van der Waals surface area (Å²) in [5.74, 6) is -4.04. The monoisotopic (exact) mass is 471 g/mol. The second-order valence-corrected chi connectivity index (χ2v) is 9.37. The van der Waals surface area contributed by atoms with E-state index in [1.54, 1.807) is 6.92 Å². The number of hydrogen-bond acceptors (Lipinski definition) is 6. The van der Waals surface area contributed by atoms with Crippen molar-refractivity contribution in [3.63, 3.8) is 0 Å². The molecule has 0 radical (unpaired) electrons. The smallest absolute Gasteiger partial charge is 0.326 e. The van der Waals surface area contributed by atoms with E-state index in [1.165, 1.54) is 0 Å². The van der Waals surface area contributed by atoms with E-state index in [1.807, 2.05) is 34.6 Å². The SMILES string of the molecule is CCC(C)C(NC(=O)C(N)CC(N)=O)C(=O)NC(CC(C)C)C(=O)NC(CC(C)C)C(=O)O. The number of hydrogen-bond donors (Lipinski definition) is 6. The molecule has 190 valence electrons. The van der Waals surface area contributed by atoms with Gasteiger partial charge in [-0.25, -0.2) is 4.79 Å². The summed E-state index contributed by atoms with van der Waals surface area (Å²) in [4.78, 5) is 60.9. The number of carbonyl (C=O) groups is 5. The molecular formula is C22H41N5O6. The minimum absolute atomic E-state index is 0.0232. The highest BCUT2D eigenvalue weighted by Crippen LogP contribution is 2.12. The zero-order valence-electron chi connectivity index (χ0n) is 20.5. The van der Waals surface area contributed by atoms with Crippen molar-refractivity contribution in [3.8, 4) is 0 Å². The summed E-state index contributed by atoms with van der Waals surface area (Å²) < 4.78 is 0. The summed E-state index contributed by atoms with van der Waals surface area (Å²) in [6.07, 6.45) is 0.687. The Morgan fingerprint density at radius 2 is 1.27 bits per heavy atom. The molecule has 4 amide bonds. The molecule has 0 aromatic heterocycles. The van der Waals surface area contributed by atoms with Crippen molar-refractivity contribution in [1.29, 1.82) is 0 Å². The second kappa shape index (κ2) is 14.5. The van der Waals surface area contributed by atoms with Crippen LogP contribution >= 0.6 is 0 Å². The van der Waals surface area contributed by atoms with Crippen LogP contribution in [0.2, 0.25) is 0 Å². The zero-order chi connectivity index (χ0) is 25.9. The van der Waals surface area contributed by atoms with Gasteiger partial charge in [0, 0.05) is 0 Å². The first-order chi connectivity index (χ1) is 15.2. The Morgan fingerprint density at radius 3 is 1.70 bits per heavy atom. The molecule has 0 aromatic carbocycles. The molecule has 0 aliphatic heterocycles. The fraction of sp³-hybridized carbons (Fsp3) is 0.773. The van der Waals surface area contributed by atoms with Gasteiger partial charge in [-0.3, -0.25) is 19.2 Å². The largest absolute Gasteiger partial charge is 0.480 e. The van der Waals surface area contributed by atoms with Crippen LogP contribution < -0.4 is 27.4 Å². The van der Waals surface area contributed by atoms with Crippen molar-refractivity contribution in [1.82, 2.24) is 16.0 Å². The average molecular weight is 472 g/mol. The third-order valence-corrected chi connectivity index (χ3v) is 5.21. The van der Waals surface area contributed by atoms with Gasteiger partial charge in [0.1, 0.15) is 18.1 Å². The van der Waals surface area contributed by atoms with E-state index in [0.29, 0.717) is 6.42 Å². The van der Waals surface area contributed by atoms with E-state index < -0.39 is 53.8 Å². The summed E-state index contributed by atoms with van der Waals surface area (Å²) in [6, 6.07) is -4.28. The molecule has 33 heavy (non-hydrogen) atoms. The molecule has 0 fully saturated rings. The van der Waals surface area contributed by atoms with Crippen LogP contribution in [0.3, 0.4) is 0 Å². The summed E-state index contributed by atoms with van der Waals surface area (Å²) in [5, 5.41) is 17.1. The van der Waals surface area contributed by atoms with Gasteiger partial charge in [0.15, 0.2) is 0 Å². The summed E-state index contributed by atoms with van der Waals surface area (Å²) in [5.41, 5.74) is 10.8. The third kappa shape index (κ3) is 11.7. The molecule has 0 rings (SSSR count). The summed E-state index contributed by atoms with van der Waals surface area (Å²) in [7, 11) is 0. The van der Waals surface area contributed by atoms with E-state index in [4.69, 9.17) is 11.5 Å². The molecule has 11 nitrogen and oxygen atoms in total. The highest BCUT2D eigenvalue weighted by atomic mass is 16.4. The Hall–Kier alpha value is -2.69. The van der Waals surface area contributed by atoms with Gasteiger partial charge in [0.2, 0.25) is 23.6 Å². The maximum Gasteiger partial charge on any atom is 0.326 e. The molecule has 0 spiro atoms. The first-order valence-corrected chi connectivity index (χ1v) is 11.4. The normalized spacial score (nSPS) is 15.8. The molecule has 5 atom stereocenters. The molecule has 0 bridgehead atoms. The molecule has 0 heterocycles. The van der Waals surface area contributed by atoms with Crippen LogP contribution in [-0.4, -0.2) is 58.9 Å². The minimum Gasteiger partial charge on any atom is -0.480 e. The first kappa shape index (κ1) is 30.3. The predicted molar refractivity (Wildman–Crippen MR) is 124 cm³/mol. The minimum atomic E-state index is -1.20. The first-order valence-electron chi connectivity index (χ1n) is 11.4. The van der Waals surface area contributed by atoms with Gasteiger partial charge in [-0.1, -0.05) is 48.0 Å². The van der Waals surface area contributed by atoms with Crippen molar-refractivity contribution >= 4 is 29.6 Å². The Kier molecular flexibility index (Phi) is 13.3. The fourth-order valence-electron chi connectivity index (χ4n) is 3.20. The highest BCUT2D eigenvalue weighted by Gasteiger charge is 2.33. The van der Waals surface area contributed by atoms with Crippen LogP contribution in [0, 0.1) is 17.8 Å². The lowest BCUT2D eigenvalue weighted by atomic mass is 9.96. The van der Waals surface area contributed by atoms with Crippen LogP contribution in [0.5, 0.6) is 0 Å². The second-order valence-electron chi connectivity index (χ2n) is 9.37. The molecule has 0 saturated carbocycles. The number of rotatable bonds is 15. The van der Waals surface area contributed by atoms with E-state index >= 15 is 0 Å². The Labute approximate surface area is 195 Å².